The molecule has 0 spiro atoms. The third-order valence-electron chi connectivity index (χ3n) is 2.47. The Bertz CT molecular complexity index is 413. The largest absolute Gasteiger partial charge is 0.327 e. The van der Waals surface area contributed by atoms with Crippen molar-refractivity contribution in [2.24, 2.45) is 11.1 Å². The Balaban J connectivity index is 2.50. The molecule has 0 bridgehead atoms. The van der Waals surface area contributed by atoms with Gasteiger partial charge in [-0.2, -0.15) is 0 Å². The number of anilines is 1. The molecule has 0 radical (unpaired) electrons. The van der Waals surface area contributed by atoms with E-state index in [9.17, 15) is 4.79 Å². The van der Waals surface area contributed by atoms with Crippen molar-refractivity contribution in [3.63, 3.8) is 0 Å². The molecule has 1 rings (SSSR count). The molecule has 0 aliphatic rings. The summed E-state index contributed by atoms with van der Waals surface area (Å²) in [5.74, 6) is -0.0974. The molecule has 3 nitrogen and oxygen atoms in total. The summed E-state index contributed by atoms with van der Waals surface area (Å²) in [6.45, 7) is 6.33. The third kappa shape index (κ3) is 5.52. The van der Waals surface area contributed by atoms with Crippen molar-refractivity contribution in [1.29, 1.82) is 0 Å². The fourth-order valence-corrected chi connectivity index (χ4v) is 2.04. The fourth-order valence-electron chi connectivity index (χ4n) is 1.86. The first-order valence-corrected chi connectivity index (χ1v) is 6.46. The van der Waals surface area contributed by atoms with E-state index in [2.05, 4.69) is 26.1 Å². The number of hydrogen-bond acceptors (Lipinski definition) is 2. The number of nitrogens with two attached hydrogens (primary N) is 1. The quantitative estimate of drug-likeness (QED) is 0.879. The van der Waals surface area contributed by atoms with E-state index < -0.39 is 0 Å². The van der Waals surface area contributed by atoms with E-state index in [0.29, 0.717) is 17.1 Å². The molecule has 0 saturated carbocycles. The number of para-hydroxylation sites is 1. The number of carbonyl (C=O) groups excluding carboxylic acids is 1. The molecule has 1 aromatic carbocycles. The maximum atomic E-state index is 11.8. The molecule has 0 saturated heterocycles. The molecule has 100 valence electrons. The maximum Gasteiger partial charge on any atom is 0.225 e. The first-order valence-electron chi connectivity index (χ1n) is 6.08. The van der Waals surface area contributed by atoms with Crippen LogP contribution in [0.2, 0.25) is 5.02 Å². The summed E-state index contributed by atoms with van der Waals surface area (Å²) in [5, 5.41) is 3.31. The van der Waals surface area contributed by atoms with Gasteiger partial charge in [-0.05, 0) is 24.0 Å². The fraction of sp³-hybridized carbons (Fsp3) is 0.500. The molecular weight excluding hydrogens is 248 g/mol. The van der Waals surface area contributed by atoms with Gasteiger partial charge < -0.3 is 11.1 Å². The zero-order valence-corrected chi connectivity index (χ0v) is 11.9. The van der Waals surface area contributed by atoms with Crippen LogP contribution in [0.15, 0.2) is 24.3 Å². The van der Waals surface area contributed by atoms with Gasteiger partial charge in [0.05, 0.1) is 10.7 Å². The van der Waals surface area contributed by atoms with Gasteiger partial charge in [0.15, 0.2) is 0 Å². The molecule has 1 aromatic rings. The summed E-state index contributed by atoms with van der Waals surface area (Å²) in [4.78, 5) is 11.8. The van der Waals surface area contributed by atoms with Crippen LogP contribution in [0.3, 0.4) is 0 Å². The van der Waals surface area contributed by atoms with Gasteiger partial charge >= 0.3 is 0 Å². The van der Waals surface area contributed by atoms with Crippen molar-refractivity contribution in [1.82, 2.24) is 0 Å². The number of amides is 1. The van der Waals surface area contributed by atoms with Gasteiger partial charge in [0, 0.05) is 12.5 Å². The van der Waals surface area contributed by atoms with Gasteiger partial charge in [0.1, 0.15) is 0 Å². The highest BCUT2D eigenvalue weighted by molar-refractivity contribution is 6.33. The summed E-state index contributed by atoms with van der Waals surface area (Å²) >= 11 is 5.97. The van der Waals surface area contributed by atoms with E-state index in [4.69, 9.17) is 17.3 Å². The molecule has 4 heteroatoms. The molecule has 1 unspecified atom stereocenters. The highest BCUT2D eigenvalue weighted by Gasteiger charge is 2.18. The Labute approximate surface area is 114 Å². The van der Waals surface area contributed by atoms with Crippen LogP contribution in [-0.4, -0.2) is 11.9 Å². The third-order valence-corrected chi connectivity index (χ3v) is 2.80. The Hall–Kier alpha value is -1.06. The molecule has 3 N–H and O–H groups in total. The molecule has 0 aliphatic carbocycles. The second-order valence-electron chi connectivity index (χ2n) is 5.76. The van der Waals surface area contributed by atoms with E-state index >= 15 is 0 Å². The van der Waals surface area contributed by atoms with Gasteiger partial charge in [-0.1, -0.05) is 44.5 Å². The number of carbonyl (C=O) groups is 1. The van der Waals surface area contributed by atoms with Crippen molar-refractivity contribution >= 4 is 23.2 Å². The van der Waals surface area contributed by atoms with Gasteiger partial charge in [-0.3, -0.25) is 4.79 Å². The SMILES string of the molecule is CC(C)(C)CC(N)CC(=O)Nc1ccccc1Cl. The molecule has 1 amide bonds. The first kappa shape index (κ1) is 15.0. The van der Waals surface area contributed by atoms with Crippen LogP contribution in [-0.2, 0) is 4.79 Å². The summed E-state index contributed by atoms with van der Waals surface area (Å²) in [6, 6.07) is 7.04. The van der Waals surface area contributed by atoms with Crippen LogP contribution in [0.1, 0.15) is 33.6 Å². The molecule has 0 heterocycles. The standard InChI is InChI=1S/C14H21ClN2O/c1-14(2,3)9-10(16)8-13(18)17-12-7-5-4-6-11(12)15/h4-7,10H,8-9,16H2,1-3H3,(H,17,18). The Morgan fingerprint density at radius 3 is 2.56 bits per heavy atom. The average Bonchev–Trinajstić information content (AvgIpc) is 2.18. The summed E-state index contributed by atoms with van der Waals surface area (Å²) < 4.78 is 0. The smallest absolute Gasteiger partial charge is 0.225 e. The van der Waals surface area contributed by atoms with E-state index in [0.717, 1.165) is 6.42 Å². The summed E-state index contributed by atoms with van der Waals surface area (Å²) in [5.41, 5.74) is 6.72. The normalized spacial score (nSPS) is 13.2. The zero-order chi connectivity index (χ0) is 13.8. The van der Waals surface area contributed by atoms with Crippen molar-refractivity contribution in [3.05, 3.63) is 29.3 Å². The topological polar surface area (TPSA) is 55.1 Å². The highest BCUT2D eigenvalue weighted by atomic mass is 35.5. The molecule has 0 aliphatic heterocycles. The predicted molar refractivity (Wildman–Crippen MR) is 76.7 cm³/mol. The Kier molecular flexibility index (Phi) is 5.17. The lowest BCUT2D eigenvalue weighted by Gasteiger charge is -2.22. The van der Waals surface area contributed by atoms with Gasteiger partial charge in [0.2, 0.25) is 5.91 Å². The van der Waals surface area contributed by atoms with Crippen LogP contribution in [0.4, 0.5) is 5.69 Å². The van der Waals surface area contributed by atoms with Crippen LogP contribution in [0.5, 0.6) is 0 Å². The van der Waals surface area contributed by atoms with Gasteiger partial charge in [-0.25, -0.2) is 0 Å². The first-order chi connectivity index (χ1) is 8.28. The summed E-state index contributed by atoms with van der Waals surface area (Å²) in [7, 11) is 0. The Morgan fingerprint density at radius 1 is 1.39 bits per heavy atom. The Morgan fingerprint density at radius 2 is 2.00 bits per heavy atom. The molecule has 0 fully saturated rings. The monoisotopic (exact) mass is 268 g/mol. The number of benzene rings is 1. The van der Waals surface area contributed by atoms with Crippen molar-refractivity contribution in [2.45, 2.75) is 39.7 Å². The van der Waals surface area contributed by atoms with E-state index in [-0.39, 0.29) is 17.4 Å². The zero-order valence-electron chi connectivity index (χ0n) is 11.2. The maximum absolute atomic E-state index is 11.8. The van der Waals surface area contributed by atoms with Gasteiger partial charge in [0.25, 0.3) is 0 Å². The van der Waals surface area contributed by atoms with Crippen LogP contribution in [0.25, 0.3) is 0 Å². The van der Waals surface area contributed by atoms with E-state index in [1.807, 2.05) is 12.1 Å². The molecule has 1 atom stereocenters. The van der Waals surface area contributed by atoms with Gasteiger partial charge in [-0.15, -0.1) is 0 Å². The van der Waals surface area contributed by atoms with E-state index in [1.165, 1.54) is 0 Å². The predicted octanol–water partition coefficient (Wildman–Crippen LogP) is 3.43. The van der Waals surface area contributed by atoms with Crippen molar-refractivity contribution in [2.75, 3.05) is 5.32 Å². The lowest BCUT2D eigenvalue weighted by atomic mass is 9.87. The number of nitrogens with one attached hydrogen (secondary N) is 1. The highest BCUT2D eigenvalue weighted by Crippen LogP contribution is 2.23. The minimum Gasteiger partial charge on any atom is -0.327 e. The molecular formula is C14H21ClN2O. The number of hydrogen-bond donors (Lipinski definition) is 2. The second-order valence-corrected chi connectivity index (χ2v) is 6.16. The summed E-state index contributed by atoms with van der Waals surface area (Å²) in [6.07, 6.45) is 1.12. The lowest BCUT2D eigenvalue weighted by Crippen LogP contribution is -2.31. The molecule has 18 heavy (non-hydrogen) atoms. The minimum atomic E-state index is -0.132. The second kappa shape index (κ2) is 6.21. The lowest BCUT2D eigenvalue weighted by molar-refractivity contribution is -0.116. The van der Waals surface area contributed by atoms with Crippen molar-refractivity contribution in [3.8, 4) is 0 Å². The van der Waals surface area contributed by atoms with Crippen LogP contribution in [0, 0.1) is 5.41 Å². The number of rotatable bonds is 4. The number of halogens is 1. The van der Waals surface area contributed by atoms with Crippen LogP contribution < -0.4 is 11.1 Å². The van der Waals surface area contributed by atoms with Crippen LogP contribution >= 0.6 is 11.6 Å². The van der Waals surface area contributed by atoms with Crippen molar-refractivity contribution < 1.29 is 4.79 Å². The average molecular weight is 269 g/mol. The molecule has 0 aromatic heterocycles. The van der Waals surface area contributed by atoms with E-state index in [1.54, 1.807) is 12.1 Å². The minimum absolute atomic E-state index is 0.0974.